The summed E-state index contributed by atoms with van der Waals surface area (Å²) >= 11 is 1.64. The first-order valence-electron chi connectivity index (χ1n) is 5.64. The molecular formula is C11H18ClN3OS. The van der Waals surface area contributed by atoms with Gasteiger partial charge in [0, 0.05) is 31.6 Å². The van der Waals surface area contributed by atoms with E-state index in [1.807, 2.05) is 17.3 Å². The number of hydrogen-bond acceptors (Lipinski definition) is 4. The standard InChI is InChI=1S/C11H17N3OS.ClH/c1-14(7-4-10-13-6-8-16-10)11(15)9-3-2-5-12-9;/h6,8-9,12H,2-5,7H2,1H3;1H. The van der Waals surface area contributed by atoms with Crippen LogP contribution < -0.4 is 5.32 Å². The highest BCUT2D eigenvalue weighted by Gasteiger charge is 2.24. The number of aromatic nitrogens is 1. The Labute approximate surface area is 112 Å². The molecule has 0 saturated carbocycles. The topological polar surface area (TPSA) is 45.2 Å². The molecule has 0 radical (unpaired) electrons. The van der Waals surface area contributed by atoms with E-state index < -0.39 is 0 Å². The van der Waals surface area contributed by atoms with Crippen LogP contribution in [0.15, 0.2) is 11.6 Å². The van der Waals surface area contributed by atoms with Gasteiger partial charge in [-0.2, -0.15) is 0 Å². The average molecular weight is 276 g/mol. The van der Waals surface area contributed by atoms with Gasteiger partial charge in [-0.15, -0.1) is 23.7 Å². The van der Waals surface area contributed by atoms with Gasteiger partial charge in [0.25, 0.3) is 0 Å². The number of likely N-dealkylation sites (N-methyl/N-ethyl adjacent to an activating group) is 1. The molecule has 2 heterocycles. The average Bonchev–Trinajstić information content (AvgIpc) is 2.96. The van der Waals surface area contributed by atoms with Gasteiger partial charge in [0.1, 0.15) is 0 Å². The Hall–Kier alpha value is -0.650. The predicted molar refractivity (Wildman–Crippen MR) is 71.7 cm³/mol. The molecule has 0 aliphatic carbocycles. The largest absolute Gasteiger partial charge is 0.344 e. The van der Waals surface area contributed by atoms with E-state index in [2.05, 4.69) is 10.3 Å². The predicted octanol–water partition coefficient (Wildman–Crippen LogP) is 1.32. The molecular weight excluding hydrogens is 258 g/mol. The number of rotatable bonds is 4. The molecule has 0 bridgehead atoms. The molecule has 4 nitrogen and oxygen atoms in total. The molecule has 1 amide bonds. The number of carbonyl (C=O) groups excluding carboxylic acids is 1. The van der Waals surface area contributed by atoms with Crippen molar-refractivity contribution < 1.29 is 4.79 Å². The van der Waals surface area contributed by atoms with Crippen LogP contribution in [0, 0.1) is 0 Å². The van der Waals surface area contributed by atoms with Crippen LogP contribution >= 0.6 is 23.7 Å². The lowest BCUT2D eigenvalue weighted by Crippen LogP contribution is -2.42. The molecule has 0 aromatic carbocycles. The van der Waals surface area contributed by atoms with Crippen LogP contribution in [0.4, 0.5) is 0 Å². The molecule has 96 valence electrons. The van der Waals surface area contributed by atoms with Crippen molar-refractivity contribution in [3.05, 3.63) is 16.6 Å². The second-order valence-corrected chi connectivity index (χ2v) is 5.06. The highest BCUT2D eigenvalue weighted by Crippen LogP contribution is 2.09. The summed E-state index contributed by atoms with van der Waals surface area (Å²) in [6.07, 6.45) is 4.74. The molecule has 1 aromatic heterocycles. The van der Waals surface area contributed by atoms with Crippen LogP contribution in [0.25, 0.3) is 0 Å². The second-order valence-electron chi connectivity index (χ2n) is 4.08. The van der Waals surface area contributed by atoms with Gasteiger partial charge >= 0.3 is 0 Å². The van der Waals surface area contributed by atoms with Crippen molar-refractivity contribution in [2.45, 2.75) is 25.3 Å². The number of nitrogens with zero attached hydrogens (tertiary/aromatic N) is 2. The Kier molecular flexibility index (Phi) is 5.88. The van der Waals surface area contributed by atoms with Crippen molar-refractivity contribution in [3.63, 3.8) is 0 Å². The molecule has 1 atom stereocenters. The zero-order valence-corrected chi connectivity index (χ0v) is 11.5. The first-order chi connectivity index (χ1) is 7.77. The Morgan fingerprint density at radius 1 is 1.71 bits per heavy atom. The minimum atomic E-state index is 0. The van der Waals surface area contributed by atoms with Gasteiger partial charge in [-0.3, -0.25) is 4.79 Å². The van der Waals surface area contributed by atoms with Crippen LogP contribution in [0.3, 0.4) is 0 Å². The van der Waals surface area contributed by atoms with E-state index in [0.29, 0.717) is 0 Å². The minimum Gasteiger partial charge on any atom is -0.344 e. The SMILES string of the molecule is CN(CCc1nccs1)C(=O)C1CCCN1.Cl. The summed E-state index contributed by atoms with van der Waals surface area (Å²) in [4.78, 5) is 18.0. The fraction of sp³-hybridized carbons (Fsp3) is 0.636. The smallest absolute Gasteiger partial charge is 0.239 e. The zero-order valence-electron chi connectivity index (χ0n) is 9.89. The summed E-state index contributed by atoms with van der Waals surface area (Å²) in [5.74, 6) is 0.217. The quantitative estimate of drug-likeness (QED) is 0.901. The molecule has 1 N–H and O–H groups in total. The molecule has 1 aliphatic rings. The fourth-order valence-corrected chi connectivity index (χ4v) is 2.52. The lowest BCUT2D eigenvalue weighted by atomic mass is 10.2. The highest BCUT2D eigenvalue weighted by molar-refractivity contribution is 7.09. The first-order valence-corrected chi connectivity index (χ1v) is 6.52. The molecule has 2 rings (SSSR count). The normalized spacial score (nSPS) is 18.8. The van der Waals surface area contributed by atoms with Gasteiger partial charge in [0.15, 0.2) is 0 Å². The Morgan fingerprint density at radius 3 is 3.12 bits per heavy atom. The summed E-state index contributed by atoms with van der Waals surface area (Å²) in [5, 5.41) is 6.29. The van der Waals surface area contributed by atoms with Crippen LogP contribution in [0.5, 0.6) is 0 Å². The van der Waals surface area contributed by atoms with Crippen LogP contribution in [0.1, 0.15) is 17.8 Å². The van der Waals surface area contributed by atoms with Crippen molar-refractivity contribution >= 4 is 29.7 Å². The third kappa shape index (κ3) is 3.94. The van der Waals surface area contributed by atoms with E-state index in [1.54, 1.807) is 17.5 Å². The molecule has 1 saturated heterocycles. The lowest BCUT2D eigenvalue weighted by molar-refractivity contribution is -0.131. The third-order valence-electron chi connectivity index (χ3n) is 2.88. The van der Waals surface area contributed by atoms with Gasteiger partial charge in [-0.25, -0.2) is 4.98 Å². The summed E-state index contributed by atoms with van der Waals surface area (Å²) in [6, 6.07) is 0.0429. The van der Waals surface area contributed by atoms with Crippen LogP contribution in [0.2, 0.25) is 0 Å². The molecule has 1 fully saturated rings. The highest BCUT2D eigenvalue weighted by atomic mass is 35.5. The van der Waals surface area contributed by atoms with E-state index in [9.17, 15) is 4.79 Å². The van der Waals surface area contributed by atoms with Crippen molar-refractivity contribution in [2.24, 2.45) is 0 Å². The first kappa shape index (κ1) is 14.4. The molecule has 1 aliphatic heterocycles. The lowest BCUT2D eigenvalue weighted by Gasteiger charge is -2.20. The number of carbonyl (C=O) groups is 1. The summed E-state index contributed by atoms with van der Waals surface area (Å²) in [5.41, 5.74) is 0. The maximum absolute atomic E-state index is 12.0. The monoisotopic (exact) mass is 275 g/mol. The molecule has 1 aromatic rings. The molecule has 6 heteroatoms. The van der Waals surface area contributed by atoms with Gasteiger partial charge in [0.2, 0.25) is 5.91 Å². The van der Waals surface area contributed by atoms with Gasteiger partial charge in [-0.1, -0.05) is 0 Å². The number of amides is 1. The molecule has 1 unspecified atom stereocenters. The van der Waals surface area contributed by atoms with E-state index in [1.165, 1.54) is 0 Å². The molecule has 0 spiro atoms. The van der Waals surface area contributed by atoms with E-state index in [4.69, 9.17) is 0 Å². The van der Waals surface area contributed by atoms with Crippen molar-refractivity contribution in [2.75, 3.05) is 20.1 Å². The van der Waals surface area contributed by atoms with E-state index >= 15 is 0 Å². The number of nitrogens with one attached hydrogen (secondary N) is 1. The Morgan fingerprint density at radius 2 is 2.53 bits per heavy atom. The maximum atomic E-state index is 12.0. The van der Waals surface area contributed by atoms with E-state index in [0.717, 1.165) is 37.4 Å². The summed E-state index contributed by atoms with van der Waals surface area (Å²) in [6.45, 7) is 1.72. The van der Waals surface area contributed by atoms with Crippen LogP contribution in [-0.2, 0) is 11.2 Å². The zero-order chi connectivity index (χ0) is 11.4. The van der Waals surface area contributed by atoms with Crippen molar-refractivity contribution in [1.29, 1.82) is 0 Å². The van der Waals surface area contributed by atoms with Crippen molar-refractivity contribution in [3.8, 4) is 0 Å². The Bertz CT molecular complexity index is 338. The van der Waals surface area contributed by atoms with E-state index in [-0.39, 0.29) is 24.4 Å². The number of halogens is 1. The second kappa shape index (κ2) is 6.93. The summed E-state index contributed by atoms with van der Waals surface area (Å²) < 4.78 is 0. The Balaban J connectivity index is 0.00000144. The maximum Gasteiger partial charge on any atom is 0.239 e. The van der Waals surface area contributed by atoms with Gasteiger partial charge < -0.3 is 10.2 Å². The van der Waals surface area contributed by atoms with Crippen molar-refractivity contribution in [1.82, 2.24) is 15.2 Å². The van der Waals surface area contributed by atoms with Gasteiger partial charge in [-0.05, 0) is 19.4 Å². The minimum absolute atomic E-state index is 0. The van der Waals surface area contributed by atoms with Crippen LogP contribution in [-0.4, -0.2) is 42.0 Å². The molecule has 17 heavy (non-hydrogen) atoms. The number of thiazole rings is 1. The summed E-state index contributed by atoms with van der Waals surface area (Å²) in [7, 11) is 1.87. The third-order valence-corrected chi connectivity index (χ3v) is 3.72. The fourth-order valence-electron chi connectivity index (χ4n) is 1.91. The van der Waals surface area contributed by atoms with Gasteiger partial charge in [0.05, 0.1) is 11.0 Å². The number of hydrogen-bond donors (Lipinski definition) is 1.